The molecule has 2 heteroatoms. The molecule has 18 heavy (non-hydrogen) atoms. The smallest absolute Gasteiger partial charge is 0.0412 e. The van der Waals surface area contributed by atoms with E-state index >= 15 is 0 Å². The lowest BCUT2D eigenvalue weighted by atomic mass is 10.1. The Balaban J connectivity index is 1.81. The fourth-order valence-electron chi connectivity index (χ4n) is 2.68. The van der Waals surface area contributed by atoms with Crippen LogP contribution in [-0.2, 0) is 6.54 Å². The van der Waals surface area contributed by atoms with Gasteiger partial charge in [-0.25, -0.2) is 0 Å². The Morgan fingerprint density at radius 1 is 1.11 bits per heavy atom. The molecular formula is C16H24N2. The van der Waals surface area contributed by atoms with Gasteiger partial charge in [-0.3, -0.25) is 0 Å². The Labute approximate surface area is 110 Å². The molecule has 2 aliphatic carbocycles. The van der Waals surface area contributed by atoms with E-state index in [0.29, 0.717) is 6.54 Å². The number of hydrogen-bond acceptors (Lipinski definition) is 2. The Morgan fingerprint density at radius 3 is 2.22 bits per heavy atom. The molecule has 0 amide bonds. The van der Waals surface area contributed by atoms with E-state index < -0.39 is 0 Å². The van der Waals surface area contributed by atoms with E-state index in [1.54, 1.807) is 0 Å². The number of aryl methyl sites for hydroxylation is 1. The van der Waals surface area contributed by atoms with Gasteiger partial charge in [-0.15, -0.1) is 0 Å². The Hall–Kier alpha value is -1.02. The highest BCUT2D eigenvalue weighted by atomic mass is 15.1. The summed E-state index contributed by atoms with van der Waals surface area (Å²) in [6.07, 6.45) is 5.69. The van der Waals surface area contributed by atoms with E-state index in [4.69, 9.17) is 5.73 Å². The van der Waals surface area contributed by atoms with Crippen molar-refractivity contribution in [1.82, 2.24) is 0 Å². The predicted octanol–water partition coefficient (Wildman–Crippen LogP) is 3.08. The molecule has 0 aromatic heterocycles. The third kappa shape index (κ3) is 2.86. The molecule has 98 valence electrons. The van der Waals surface area contributed by atoms with Gasteiger partial charge in [0, 0.05) is 25.3 Å². The molecule has 3 rings (SSSR count). The van der Waals surface area contributed by atoms with Crippen LogP contribution in [0.1, 0.15) is 36.8 Å². The van der Waals surface area contributed by atoms with Crippen molar-refractivity contribution in [2.45, 2.75) is 39.2 Å². The summed E-state index contributed by atoms with van der Waals surface area (Å²) in [5.74, 6) is 1.88. The Morgan fingerprint density at radius 2 is 1.72 bits per heavy atom. The zero-order valence-corrected chi connectivity index (χ0v) is 11.4. The average Bonchev–Trinajstić information content (AvgIpc) is 3.23. The van der Waals surface area contributed by atoms with Gasteiger partial charge in [0.25, 0.3) is 0 Å². The van der Waals surface area contributed by atoms with Crippen LogP contribution in [0.25, 0.3) is 0 Å². The second-order valence-electron chi connectivity index (χ2n) is 6.13. The Bertz CT molecular complexity index is 405. The van der Waals surface area contributed by atoms with Crippen molar-refractivity contribution in [3.8, 4) is 0 Å². The van der Waals surface area contributed by atoms with E-state index in [2.05, 4.69) is 30.0 Å². The fraction of sp³-hybridized carbons (Fsp3) is 0.625. The van der Waals surface area contributed by atoms with Crippen molar-refractivity contribution in [3.63, 3.8) is 0 Å². The molecule has 2 N–H and O–H groups in total. The fourth-order valence-corrected chi connectivity index (χ4v) is 2.68. The van der Waals surface area contributed by atoms with E-state index in [9.17, 15) is 0 Å². The first-order valence-electron chi connectivity index (χ1n) is 7.31. The first kappa shape index (κ1) is 12.0. The Kier molecular flexibility index (Phi) is 3.29. The maximum absolute atomic E-state index is 5.92. The van der Waals surface area contributed by atoms with Crippen LogP contribution in [0.2, 0.25) is 0 Å². The first-order valence-corrected chi connectivity index (χ1v) is 7.31. The van der Waals surface area contributed by atoms with Crippen LogP contribution >= 0.6 is 0 Å². The third-order valence-electron chi connectivity index (χ3n) is 4.15. The van der Waals surface area contributed by atoms with Gasteiger partial charge in [0.1, 0.15) is 0 Å². The zero-order valence-electron chi connectivity index (χ0n) is 11.4. The first-order chi connectivity index (χ1) is 8.76. The summed E-state index contributed by atoms with van der Waals surface area (Å²) in [6, 6.07) is 6.76. The molecule has 2 aliphatic rings. The predicted molar refractivity (Wildman–Crippen MR) is 76.7 cm³/mol. The van der Waals surface area contributed by atoms with E-state index in [1.807, 2.05) is 0 Å². The standard InChI is InChI=1S/C16H24N2/c1-12-2-7-16(15(8-12)9-17)18(10-13-3-4-13)11-14-5-6-14/h2,7-8,13-14H,3-6,9-11,17H2,1H3. The molecule has 1 aromatic rings. The maximum atomic E-state index is 5.92. The topological polar surface area (TPSA) is 29.3 Å². The highest BCUT2D eigenvalue weighted by Crippen LogP contribution is 2.36. The zero-order chi connectivity index (χ0) is 12.5. The minimum absolute atomic E-state index is 0.656. The minimum Gasteiger partial charge on any atom is -0.371 e. The lowest BCUT2D eigenvalue weighted by Gasteiger charge is -2.27. The van der Waals surface area contributed by atoms with Crippen LogP contribution in [0, 0.1) is 18.8 Å². The summed E-state index contributed by atoms with van der Waals surface area (Å²) in [5.41, 5.74) is 9.95. The molecule has 0 spiro atoms. The third-order valence-corrected chi connectivity index (χ3v) is 4.15. The molecule has 0 radical (unpaired) electrons. The summed E-state index contributed by atoms with van der Waals surface area (Å²) in [7, 11) is 0. The second kappa shape index (κ2) is 4.93. The van der Waals surface area contributed by atoms with Gasteiger partial charge in [0.2, 0.25) is 0 Å². The van der Waals surface area contributed by atoms with E-state index in [0.717, 1.165) is 11.8 Å². The summed E-state index contributed by atoms with van der Waals surface area (Å²) >= 11 is 0. The van der Waals surface area contributed by atoms with Gasteiger partial charge in [-0.2, -0.15) is 0 Å². The van der Waals surface area contributed by atoms with Crippen LogP contribution in [-0.4, -0.2) is 13.1 Å². The van der Waals surface area contributed by atoms with Crippen molar-refractivity contribution in [2.75, 3.05) is 18.0 Å². The molecule has 0 aliphatic heterocycles. The van der Waals surface area contributed by atoms with Gasteiger partial charge in [0.05, 0.1) is 0 Å². The molecule has 2 fully saturated rings. The van der Waals surface area contributed by atoms with Gasteiger partial charge in [-0.1, -0.05) is 17.7 Å². The largest absolute Gasteiger partial charge is 0.371 e. The van der Waals surface area contributed by atoms with Crippen LogP contribution < -0.4 is 10.6 Å². The van der Waals surface area contributed by atoms with Crippen molar-refractivity contribution < 1.29 is 0 Å². The SMILES string of the molecule is Cc1ccc(N(CC2CC2)CC2CC2)c(CN)c1. The number of rotatable bonds is 6. The lowest BCUT2D eigenvalue weighted by molar-refractivity contribution is 0.676. The minimum atomic E-state index is 0.656. The molecule has 2 saturated carbocycles. The molecule has 2 nitrogen and oxygen atoms in total. The monoisotopic (exact) mass is 244 g/mol. The van der Waals surface area contributed by atoms with Crippen molar-refractivity contribution in [1.29, 1.82) is 0 Å². The van der Waals surface area contributed by atoms with Crippen molar-refractivity contribution >= 4 is 5.69 Å². The molecule has 1 aromatic carbocycles. The highest BCUT2D eigenvalue weighted by molar-refractivity contribution is 5.55. The normalized spacial score (nSPS) is 19.0. The summed E-state index contributed by atoms with van der Waals surface area (Å²) in [4.78, 5) is 2.61. The molecular weight excluding hydrogens is 220 g/mol. The summed E-state index contributed by atoms with van der Waals surface area (Å²) in [5, 5.41) is 0. The van der Waals surface area contributed by atoms with Crippen LogP contribution in [0.3, 0.4) is 0 Å². The van der Waals surface area contributed by atoms with Crippen LogP contribution in [0.4, 0.5) is 5.69 Å². The number of anilines is 1. The average molecular weight is 244 g/mol. The molecule has 0 bridgehead atoms. The number of hydrogen-bond donors (Lipinski definition) is 1. The van der Waals surface area contributed by atoms with Gasteiger partial charge in [0.15, 0.2) is 0 Å². The molecule has 0 saturated heterocycles. The van der Waals surface area contributed by atoms with Crippen LogP contribution in [0.15, 0.2) is 18.2 Å². The summed E-state index contributed by atoms with van der Waals surface area (Å²) in [6.45, 7) is 5.29. The lowest BCUT2D eigenvalue weighted by Crippen LogP contribution is -2.29. The van der Waals surface area contributed by atoms with Gasteiger partial charge in [-0.05, 0) is 56.1 Å². The van der Waals surface area contributed by atoms with E-state index in [1.165, 1.54) is 55.6 Å². The summed E-state index contributed by atoms with van der Waals surface area (Å²) < 4.78 is 0. The molecule has 0 atom stereocenters. The number of benzene rings is 1. The highest BCUT2D eigenvalue weighted by Gasteiger charge is 2.29. The second-order valence-corrected chi connectivity index (χ2v) is 6.13. The quantitative estimate of drug-likeness (QED) is 0.833. The number of nitrogens with two attached hydrogens (primary N) is 1. The van der Waals surface area contributed by atoms with E-state index in [-0.39, 0.29) is 0 Å². The molecule has 0 heterocycles. The van der Waals surface area contributed by atoms with Crippen molar-refractivity contribution in [2.24, 2.45) is 17.6 Å². The van der Waals surface area contributed by atoms with Crippen LogP contribution in [0.5, 0.6) is 0 Å². The van der Waals surface area contributed by atoms with Crippen molar-refractivity contribution in [3.05, 3.63) is 29.3 Å². The van der Waals surface area contributed by atoms with Gasteiger partial charge >= 0.3 is 0 Å². The maximum Gasteiger partial charge on any atom is 0.0412 e. The van der Waals surface area contributed by atoms with Gasteiger partial charge < -0.3 is 10.6 Å². The number of nitrogens with zero attached hydrogens (tertiary/aromatic N) is 1. The molecule has 0 unspecified atom stereocenters.